The Balaban J connectivity index is 1.82. The van der Waals surface area contributed by atoms with Crippen molar-refractivity contribution in [2.45, 2.75) is 6.04 Å². The SMILES string of the molecule is CN(C)c1cccc(NC(=O)N2CCNC(=O)[C@H]2c2ccccc2)n1. The van der Waals surface area contributed by atoms with Crippen LogP contribution in [0.5, 0.6) is 0 Å². The standard InChI is InChI=1S/C18H21N5O2/c1-22(2)15-10-6-9-14(20-15)21-18(25)23-12-11-19-17(24)16(23)13-7-4-3-5-8-13/h3-10,16H,11-12H2,1-2H3,(H,19,24)(H,20,21,25)/t16-/m1/s1. The summed E-state index contributed by atoms with van der Waals surface area (Å²) < 4.78 is 0. The average Bonchev–Trinajstić information content (AvgIpc) is 2.62. The van der Waals surface area contributed by atoms with Gasteiger partial charge in [-0.1, -0.05) is 36.4 Å². The van der Waals surface area contributed by atoms with E-state index >= 15 is 0 Å². The van der Waals surface area contributed by atoms with E-state index in [0.717, 1.165) is 11.4 Å². The van der Waals surface area contributed by atoms with Gasteiger partial charge in [0.25, 0.3) is 0 Å². The summed E-state index contributed by atoms with van der Waals surface area (Å²) in [5.74, 6) is 1.02. The molecule has 2 heterocycles. The number of aromatic nitrogens is 1. The molecule has 1 saturated heterocycles. The summed E-state index contributed by atoms with van der Waals surface area (Å²) in [6, 6.07) is 13.7. The molecule has 1 aliphatic heterocycles. The van der Waals surface area contributed by atoms with E-state index in [9.17, 15) is 9.59 Å². The lowest BCUT2D eigenvalue weighted by Crippen LogP contribution is -2.53. The molecule has 0 saturated carbocycles. The first-order chi connectivity index (χ1) is 12.1. The first-order valence-corrected chi connectivity index (χ1v) is 8.11. The Kier molecular flexibility index (Phi) is 4.83. The van der Waals surface area contributed by atoms with Crippen LogP contribution in [0.1, 0.15) is 11.6 Å². The van der Waals surface area contributed by atoms with Crippen molar-refractivity contribution in [3.8, 4) is 0 Å². The second kappa shape index (κ2) is 7.21. The fraction of sp³-hybridized carbons (Fsp3) is 0.278. The van der Waals surface area contributed by atoms with E-state index in [-0.39, 0.29) is 11.9 Å². The summed E-state index contributed by atoms with van der Waals surface area (Å²) in [6.07, 6.45) is 0. The molecule has 0 aliphatic carbocycles. The van der Waals surface area contributed by atoms with Crippen LogP contribution in [0.4, 0.5) is 16.4 Å². The molecular weight excluding hydrogens is 318 g/mol. The van der Waals surface area contributed by atoms with Crippen LogP contribution in [0.3, 0.4) is 0 Å². The molecule has 1 aliphatic rings. The second-order valence-corrected chi connectivity index (χ2v) is 6.00. The predicted molar refractivity (Wildman–Crippen MR) is 96.5 cm³/mol. The molecule has 1 fully saturated rings. The predicted octanol–water partition coefficient (Wildman–Crippen LogP) is 1.85. The number of urea groups is 1. The Morgan fingerprint density at radius 2 is 1.96 bits per heavy atom. The van der Waals surface area contributed by atoms with E-state index in [0.29, 0.717) is 18.9 Å². The van der Waals surface area contributed by atoms with Crippen LogP contribution in [0.25, 0.3) is 0 Å². The first kappa shape index (κ1) is 16.8. The van der Waals surface area contributed by atoms with Gasteiger partial charge in [-0.05, 0) is 17.7 Å². The third-order valence-electron chi connectivity index (χ3n) is 4.02. The van der Waals surface area contributed by atoms with Gasteiger partial charge in [0.2, 0.25) is 5.91 Å². The molecule has 25 heavy (non-hydrogen) atoms. The smallest absolute Gasteiger partial charge is 0.324 e. The van der Waals surface area contributed by atoms with Crippen molar-refractivity contribution < 1.29 is 9.59 Å². The van der Waals surface area contributed by atoms with Crippen LogP contribution >= 0.6 is 0 Å². The number of benzene rings is 1. The Morgan fingerprint density at radius 1 is 1.20 bits per heavy atom. The van der Waals surface area contributed by atoms with E-state index in [4.69, 9.17) is 0 Å². The third kappa shape index (κ3) is 3.71. The normalized spacial score (nSPS) is 17.0. The Labute approximate surface area is 146 Å². The summed E-state index contributed by atoms with van der Waals surface area (Å²) in [6.45, 7) is 0.866. The van der Waals surface area contributed by atoms with Gasteiger partial charge in [0.1, 0.15) is 17.7 Å². The molecule has 1 aromatic heterocycles. The summed E-state index contributed by atoms with van der Waals surface area (Å²) in [5.41, 5.74) is 0.782. The number of rotatable bonds is 3. The average molecular weight is 339 g/mol. The van der Waals surface area contributed by atoms with Gasteiger partial charge in [0.15, 0.2) is 0 Å². The van der Waals surface area contributed by atoms with E-state index in [1.54, 1.807) is 6.07 Å². The molecule has 3 rings (SSSR count). The van der Waals surface area contributed by atoms with Crippen molar-refractivity contribution in [3.05, 3.63) is 54.1 Å². The lowest BCUT2D eigenvalue weighted by Gasteiger charge is -2.35. The molecule has 0 radical (unpaired) electrons. The van der Waals surface area contributed by atoms with Crippen LogP contribution < -0.4 is 15.5 Å². The van der Waals surface area contributed by atoms with Gasteiger partial charge in [-0.25, -0.2) is 9.78 Å². The molecule has 0 bridgehead atoms. The number of anilines is 2. The summed E-state index contributed by atoms with van der Waals surface area (Å²) in [7, 11) is 3.77. The van der Waals surface area contributed by atoms with E-state index in [1.165, 1.54) is 4.90 Å². The van der Waals surface area contributed by atoms with E-state index in [2.05, 4.69) is 15.6 Å². The van der Waals surface area contributed by atoms with Crippen molar-refractivity contribution in [1.82, 2.24) is 15.2 Å². The van der Waals surface area contributed by atoms with Crippen molar-refractivity contribution in [1.29, 1.82) is 0 Å². The monoisotopic (exact) mass is 339 g/mol. The van der Waals surface area contributed by atoms with Crippen LogP contribution in [-0.2, 0) is 4.79 Å². The zero-order chi connectivity index (χ0) is 17.8. The van der Waals surface area contributed by atoms with Gasteiger partial charge in [0, 0.05) is 27.2 Å². The minimum absolute atomic E-state index is 0.178. The van der Waals surface area contributed by atoms with Gasteiger partial charge in [0.05, 0.1) is 0 Å². The van der Waals surface area contributed by atoms with Gasteiger partial charge in [-0.2, -0.15) is 0 Å². The number of nitrogens with zero attached hydrogens (tertiary/aromatic N) is 3. The molecule has 130 valence electrons. The maximum Gasteiger partial charge on any atom is 0.324 e. The molecule has 2 N–H and O–H groups in total. The highest BCUT2D eigenvalue weighted by Gasteiger charge is 2.34. The number of carbonyl (C=O) groups excluding carboxylic acids is 2. The number of hydrogen-bond donors (Lipinski definition) is 2. The fourth-order valence-electron chi connectivity index (χ4n) is 2.78. The number of nitrogens with one attached hydrogen (secondary N) is 2. The summed E-state index contributed by atoms with van der Waals surface area (Å²) >= 11 is 0. The lowest BCUT2D eigenvalue weighted by molar-refractivity contribution is -0.127. The zero-order valence-corrected chi connectivity index (χ0v) is 14.3. The highest BCUT2D eigenvalue weighted by molar-refractivity contribution is 5.94. The van der Waals surface area contributed by atoms with Crippen molar-refractivity contribution in [3.63, 3.8) is 0 Å². The number of piperazine rings is 1. The van der Waals surface area contributed by atoms with E-state index in [1.807, 2.05) is 61.5 Å². The Morgan fingerprint density at radius 3 is 2.68 bits per heavy atom. The Hall–Kier alpha value is -3.09. The zero-order valence-electron chi connectivity index (χ0n) is 14.3. The maximum atomic E-state index is 12.8. The summed E-state index contributed by atoms with van der Waals surface area (Å²) in [4.78, 5) is 32.9. The minimum Gasteiger partial charge on any atom is -0.363 e. The Bertz CT molecular complexity index is 763. The van der Waals surface area contributed by atoms with Gasteiger partial charge >= 0.3 is 6.03 Å². The first-order valence-electron chi connectivity index (χ1n) is 8.11. The molecular formula is C18H21N5O2. The highest BCUT2D eigenvalue weighted by Crippen LogP contribution is 2.24. The van der Waals surface area contributed by atoms with Gasteiger partial charge in [-0.3, -0.25) is 10.1 Å². The quantitative estimate of drug-likeness (QED) is 0.895. The van der Waals surface area contributed by atoms with Crippen molar-refractivity contribution in [2.24, 2.45) is 0 Å². The largest absolute Gasteiger partial charge is 0.363 e. The third-order valence-corrected chi connectivity index (χ3v) is 4.02. The molecule has 0 spiro atoms. The van der Waals surface area contributed by atoms with Crippen molar-refractivity contribution in [2.75, 3.05) is 37.4 Å². The molecule has 0 unspecified atom stereocenters. The summed E-state index contributed by atoms with van der Waals surface area (Å²) in [5, 5.41) is 5.62. The number of hydrogen-bond acceptors (Lipinski definition) is 4. The van der Waals surface area contributed by atoms with Crippen molar-refractivity contribution >= 4 is 23.6 Å². The van der Waals surface area contributed by atoms with Crippen LogP contribution in [0, 0.1) is 0 Å². The number of amides is 3. The molecule has 7 heteroatoms. The highest BCUT2D eigenvalue weighted by atomic mass is 16.2. The minimum atomic E-state index is -0.646. The van der Waals surface area contributed by atoms with Crippen LogP contribution in [0.2, 0.25) is 0 Å². The van der Waals surface area contributed by atoms with Crippen LogP contribution in [-0.4, -0.2) is 49.0 Å². The molecule has 1 atom stereocenters. The molecule has 1 aromatic carbocycles. The molecule has 3 amide bonds. The topological polar surface area (TPSA) is 77.6 Å². The van der Waals surface area contributed by atoms with E-state index < -0.39 is 6.04 Å². The maximum absolute atomic E-state index is 12.8. The fourth-order valence-corrected chi connectivity index (χ4v) is 2.78. The van der Waals surface area contributed by atoms with Gasteiger partial charge in [-0.15, -0.1) is 0 Å². The molecule has 7 nitrogen and oxygen atoms in total. The van der Waals surface area contributed by atoms with Crippen LogP contribution in [0.15, 0.2) is 48.5 Å². The molecule has 2 aromatic rings. The van der Waals surface area contributed by atoms with Gasteiger partial charge < -0.3 is 15.1 Å². The number of pyridine rings is 1. The number of carbonyl (C=O) groups is 2. The second-order valence-electron chi connectivity index (χ2n) is 6.00. The lowest BCUT2D eigenvalue weighted by atomic mass is 10.0.